The van der Waals surface area contributed by atoms with Crippen molar-refractivity contribution in [3.63, 3.8) is 0 Å². The summed E-state index contributed by atoms with van der Waals surface area (Å²) in [7, 11) is 0. The highest BCUT2D eigenvalue weighted by atomic mass is 32.1. The highest BCUT2D eigenvalue weighted by Gasteiger charge is 2.17. The largest absolute Gasteiger partial charge is 0.455 e. The molecule has 4 heteroatoms. The van der Waals surface area contributed by atoms with Gasteiger partial charge in [-0.15, -0.1) is 11.3 Å². The number of hydrogen-bond acceptors (Lipinski definition) is 4. The summed E-state index contributed by atoms with van der Waals surface area (Å²) < 4.78 is 8.91. The Morgan fingerprint density at radius 2 is 1.17 bits per heavy atom. The Morgan fingerprint density at radius 1 is 0.500 bits per heavy atom. The van der Waals surface area contributed by atoms with Crippen molar-refractivity contribution < 1.29 is 4.42 Å². The molecule has 0 aliphatic rings. The summed E-state index contributed by atoms with van der Waals surface area (Å²) in [5.41, 5.74) is 8.05. The summed E-state index contributed by atoms with van der Waals surface area (Å²) in [4.78, 5) is 0. The van der Waals surface area contributed by atoms with Crippen LogP contribution < -0.4 is 0 Å². The Kier molecular flexibility index (Phi) is 5.44. The molecular weight excluding hydrogens is 532 g/mol. The Morgan fingerprint density at radius 3 is 2.00 bits per heavy atom. The lowest BCUT2D eigenvalue weighted by atomic mass is 9.89. The molecule has 2 heterocycles. The van der Waals surface area contributed by atoms with Gasteiger partial charge in [-0.2, -0.15) is 10.5 Å². The van der Waals surface area contributed by atoms with Gasteiger partial charge < -0.3 is 4.42 Å². The van der Waals surface area contributed by atoms with Crippen molar-refractivity contribution in [1.82, 2.24) is 0 Å². The van der Waals surface area contributed by atoms with E-state index in [4.69, 9.17) is 4.42 Å². The molecule has 8 aromatic rings. The van der Waals surface area contributed by atoms with Crippen molar-refractivity contribution in [3.8, 4) is 45.5 Å². The lowest BCUT2D eigenvalue weighted by Crippen LogP contribution is -1.92. The molecule has 0 N–H and O–H groups in total. The molecule has 0 atom stereocenters. The predicted octanol–water partition coefficient (Wildman–Crippen LogP) is 10.7. The van der Waals surface area contributed by atoms with E-state index in [0.29, 0.717) is 16.7 Å². The molecule has 0 saturated heterocycles. The van der Waals surface area contributed by atoms with Gasteiger partial charge in [-0.1, -0.05) is 66.7 Å². The Bertz CT molecular complexity index is 2420. The molecule has 0 amide bonds. The van der Waals surface area contributed by atoms with E-state index >= 15 is 0 Å². The number of nitrogens with zero attached hydrogens (tertiary/aromatic N) is 2. The highest BCUT2D eigenvalue weighted by Crippen LogP contribution is 2.42. The summed E-state index contributed by atoms with van der Waals surface area (Å²) in [6, 6.07) is 45.6. The maximum atomic E-state index is 10.0. The van der Waals surface area contributed by atoms with Gasteiger partial charge >= 0.3 is 0 Å². The smallest absolute Gasteiger partial charge is 0.143 e. The minimum absolute atomic E-state index is 0.471. The van der Waals surface area contributed by atoms with E-state index in [-0.39, 0.29) is 0 Å². The van der Waals surface area contributed by atoms with Crippen LogP contribution in [0.5, 0.6) is 0 Å². The molecular formula is C38H20N2OS. The van der Waals surface area contributed by atoms with Gasteiger partial charge in [-0.05, 0) is 76.9 Å². The molecule has 0 aliphatic carbocycles. The second kappa shape index (κ2) is 9.46. The first-order valence-corrected chi connectivity index (χ1v) is 14.4. The number of hydrogen-bond donors (Lipinski definition) is 0. The quantitative estimate of drug-likeness (QED) is 0.219. The van der Waals surface area contributed by atoms with Crippen LogP contribution in [0.3, 0.4) is 0 Å². The number of fused-ring (bicyclic) bond motifs is 6. The highest BCUT2D eigenvalue weighted by molar-refractivity contribution is 7.25. The fourth-order valence-corrected chi connectivity index (χ4v) is 7.11. The van der Waals surface area contributed by atoms with Crippen LogP contribution in [0.2, 0.25) is 0 Å². The van der Waals surface area contributed by atoms with Crippen LogP contribution in [0.25, 0.3) is 75.5 Å². The number of nitriles is 2. The van der Waals surface area contributed by atoms with Crippen LogP contribution in [0.15, 0.2) is 126 Å². The molecule has 194 valence electrons. The first kappa shape index (κ1) is 24.1. The van der Waals surface area contributed by atoms with E-state index in [1.807, 2.05) is 18.2 Å². The fraction of sp³-hybridized carbons (Fsp3) is 0. The molecule has 0 aliphatic heterocycles. The normalized spacial score (nSPS) is 11.3. The molecule has 6 aromatic carbocycles. The fourth-order valence-electron chi connectivity index (χ4n) is 6.02. The molecule has 0 radical (unpaired) electrons. The molecule has 0 fully saturated rings. The lowest BCUT2D eigenvalue weighted by Gasteiger charge is -2.14. The monoisotopic (exact) mass is 552 g/mol. The third kappa shape index (κ3) is 3.71. The van der Waals surface area contributed by atoms with Crippen LogP contribution in [-0.2, 0) is 0 Å². The maximum Gasteiger partial charge on any atom is 0.143 e. The molecule has 3 nitrogen and oxygen atoms in total. The zero-order valence-electron chi connectivity index (χ0n) is 22.3. The summed E-state index contributed by atoms with van der Waals surface area (Å²) >= 11 is 1.79. The third-order valence-electron chi connectivity index (χ3n) is 7.95. The molecule has 42 heavy (non-hydrogen) atoms. The number of benzene rings is 6. The van der Waals surface area contributed by atoms with Crippen molar-refractivity contribution >= 4 is 53.4 Å². The van der Waals surface area contributed by atoms with Gasteiger partial charge in [0, 0.05) is 42.1 Å². The van der Waals surface area contributed by atoms with E-state index in [0.717, 1.165) is 49.8 Å². The summed E-state index contributed by atoms with van der Waals surface area (Å²) in [6.07, 6.45) is 0. The van der Waals surface area contributed by atoms with Gasteiger partial charge in [0.15, 0.2) is 0 Å². The van der Waals surface area contributed by atoms with Crippen LogP contribution >= 0.6 is 11.3 Å². The van der Waals surface area contributed by atoms with E-state index in [9.17, 15) is 10.5 Å². The van der Waals surface area contributed by atoms with Crippen LogP contribution in [0.4, 0.5) is 0 Å². The molecule has 0 spiro atoms. The zero-order chi connectivity index (χ0) is 28.2. The standard InChI is InChI=1S/C38H20N2OS/c39-21-24-7-5-8-25(22-40)37(24)28-18-26(23-15-16-36-33(20-23)31-10-2-4-14-35(31)42-36)17-27(19-28)29-11-6-12-32-30-9-1-3-13-34(30)41-38(29)32/h1-20H. The Balaban J connectivity index is 1.43. The van der Waals surface area contributed by atoms with E-state index < -0.39 is 0 Å². The number of furan rings is 1. The zero-order valence-corrected chi connectivity index (χ0v) is 23.1. The molecule has 0 unspecified atom stereocenters. The molecule has 8 rings (SSSR count). The maximum absolute atomic E-state index is 10.0. The van der Waals surface area contributed by atoms with Crippen LogP contribution in [-0.4, -0.2) is 0 Å². The average molecular weight is 553 g/mol. The van der Waals surface area contributed by atoms with Crippen LogP contribution in [0.1, 0.15) is 11.1 Å². The topological polar surface area (TPSA) is 60.7 Å². The van der Waals surface area contributed by atoms with Gasteiger partial charge in [-0.25, -0.2) is 0 Å². The predicted molar refractivity (Wildman–Crippen MR) is 172 cm³/mol. The van der Waals surface area contributed by atoms with Crippen molar-refractivity contribution in [2.75, 3.05) is 0 Å². The van der Waals surface area contributed by atoms with E-state index in [1.54, 1.807) is 29.5 Å². The van der Waals surface area contributed by atoms with Gasteiger partial charge in [0.05, 0.1) is 23.3 Å². The van der Waals surface area contributed by atoms with Gasteiger partial charge in [-0.3, -0.25) is 0 Å². The minimum Gasteiger partial charge on any atom is -0.455 e. The van der Waals surface area contributed by atoms with Gasteiger partial charge in [0.2, 0.25) is 0 Å². The summed E-state index contributed by atoms with van der Waals surface area (Å²) in [5, 5.41) is 24.6. The molecule has 0 saturated carbocycles. The SMILES string of the molecule is N#Cc1cccc(C#N)c1-c1cc(-c2ccc3sc4ccccc4c3c2)cc(-c2cccc3c2oc2ccccc23)c1. The van der Waals surface area contributed by atoms with Crippen molar-refractivity contribution in [2.24, 2.45) is 0 Å². The van der Waals surface area contributed by atoms with Crippen molar-refractivity contribution in [2.45, 2.75) is 0 Å². The van der Waals surface area contributed by atoms with Crippen LogP contribution in [0, 0.1) is 22.7 Å². The molecule has 0 bridgehead atoms. The van der Waals surface area contributed by atoms with E-state index in [1.165, 1.54) is 20.2 Å². The number of thiophene rings is 1. The Labute approximate surface area is 245 Å². The third-order valence-corrected chi connectivity index (χ3v) is 9.10. The molecule has 2 aromatic heterocycles. The Hall–Kier alpha value is -5.68. The average Bonchev–Trinajstić information content (AvgIpc) is 3.62. The first-order chi connectivity index (χ1) is 20.7. The minimum atomic E-state index is 0.471. The van der Waals surface area contributed by atoms with Crippen molar-refractivity contribution in [1.29, 1.82) is 10.5 Å². The lowest BCUT2D eigenvalue weighted by molar-refractivity contribution is 0.670. The number of para-hydroxylation sites is 2. The second-order valence-corrected chi connectivity index (χ2v) is 11.4. The van der Waals surface area contributed by atoms with E-state index in [2.05, 4.69) is 97.1 Å². The van der Waals surface area contributed by atoms with Crippen molar-refractivity contribution in [3.05, 3.63) is 132 Å². The van der Waals surface area contributed by atoms with Gasteiger partial charge in [0.25, 0.3) is 0 Å². The summed E-state index contributed by atoms with van der Waals surface area (Å²) in [6.45, 7) is 0. The van der Waals surface area contributed by atoms with Gasteiger partial charge in [0.1, 0.15) is 11.2 Å². The second-order valence-electron chi connectivity index (χ2n) is 10.3. The number of rotatable bonds is 3. The first-order valence-electron chi connectivity index (χ1n) is 13.6. The summed E-state index contributed by atoms with van der Waals surface area (Å²) in [5.74, 6) is 0.